The summed E-state index contributed by atoms with van der Waals surface area (Å²) in [5.74, 6) is -0.902. The number of anilines is 2. The first-order valence-electron chi connectivity index (χ1n) is 11.9. The topological polar surface area (TPSA) is 66.2 Å². The first-order chi connectivity index (χ1) is 17.2. The van der Waals surface area contributed by atoms with Gasteiger partial charge in [0, 0.05) is 49.2 Å². The number of aromatic nitrogens is 3. The maximum Gasteiger partial charge on any atom is 0.266 e. The van der Waals surface area contributed by atoms with Crippen molar-refractivity contribution in [2.45, 2.75) is 37.8 Å². The zero-order valence-corrected chi connectivity index (χ0v) is 20.1. The number of fused-ring (bicyclic) bond motifs is 1. The molecule has 188 valence electrons. The molecule has 0 spiro atoms. The molecule has 2 N–H and O–H groups in total. The molecule has 6 nitrogen and oxygen atoms in total. The summed E-state index contributed by atoms with van der Waals surface area (Å²) >= 11 is 0. The smallest absolute Gasteiger partial charge is 0.266 e. The van der Waals surface area contributed by atoms with Crippen molar-refractivity contribution in [3.63, 3.8) is 0 Å². The van der Waals surface area contributed by atoms with Crippen LogP contribution in [0.1, 0.15) is 48.9 Å². The molecule has 5 rings (SSSR count). The van der Waals surface area contributed by atoms with Gasteiger partial charge in [0.05, 0.1) is 34.6 Å². The van der Waals surface area contributed by atoms with Crippen LogP contribution < -0.4 is 10.2 Å². The number of nitrogens with one attached hydrogen (secondary N) is 1. The zero-order chi connectivity index (χ0) is 25.4. The number of alkyl halides is 2. The molecule has 0 amide bonds. The fraction of sp³-hybridized carbons (Fsp3) is 0.333. The second-order valence-electron chi connectivity index (χ2n) is 9.40. The highest BCUT2D eigenvalue weighted by atomic mass is 19.3. The molecule has 0 unspecified atom stereocenters. The number of pyridine rings is 1. The van der Waals surface area contributed by atoms with E-state index in [1.54, 1.807) is 23.9 Å². The van der Waals surface area contributed by atoms with Crippen LogP contribution in [-0.4, -0.2) is 33.0 Å². The number of rotatable bonds is 6. The summed E-state index contributed by atoms with van der Waals surface area (Å²) in [5.41, 5.74) is 1.78. The minimum Gasteiger partial charge on any atom is -0.385 e. The van der Waals surface area contributed by atoms with Gasteiger partial charge in [-0.15, -0.1) is 0 Å². The lowest BCUT2D eigenvalue weighted by atomic mass is 9.83. The van der Waals surface area contributed by atoms with Gasteiger partial charge in [0.2, 0.25) is 0 Å². The van der Waals surface area contributed by atoms with Crippen LogP contribution in [0.25, 0.3) is 10.9 Å². The van der Waals surface area contributed by atoms with E-state index in [1.165, 1.54) is 12.1 Å². The molecule has 2 aromatic carbocycles. The zero-order valence-electron chi connectivity index (χ0n) is 20.1. The van der Waals surface area contributed by atoms with Gasteiger partial charge >= 0.3 is 0 Å². The van der Waals surface area contributed by atoms with E-state index in [4.69, 9.17) is 0 Å². The molecular weight excluding hydrogens is 467 g/mol. The highest BCUT2D eigenvalue weighted by molar-refractivity contribution is 5.91. The maximum absolute atomic E-state index is 14.7. The minimum absolute atomic E-state index is 0.162. The van der Waals surface area contributed by atoms with Crippen molar-refractivity contribution in [1.29, 1.82) is 0 Å². The van der Waals surface area contributed by atoms with Crippen molar-refractivity contribution in [1.82, 2.24) is 14.8 Å². The molecule has 1 atom stereocenters. The number of aryl methyl sites for hydroxylation is 1. The molecule has 2 aromatic heterocycles. The van der Waals surface area contributed by atoms with Gasteiger partial charge in [-0.05, 0) is 43.5 Å². The third kappa shape index (κ3) is 4.51. The Hall–Kier alpha value is -3.59. The van der Waals surface area contributed by atoms with Gasteiger partial charge in [-0.25, -0.2) is 13.2 Å². The standard InChI is InChI=1S/C27H28F3N5O/c1-17(20-4-3-5-21(25(20)28)26(29)30)33-24-8-11-31-23-7-6-18(14-22(23)24)27(36)9-12-35(13-10-27)19-15-32-34(2)16-19/h3-8,11,14-17,26,36H,9-10,12-13H2,1-2H3,(H,31,33)/t17-/m1/s1. The molecule has 0 radical (unpaired) electrons. The molecule has 0 saturated carbocycles. The van der Waals surface area contributed by atoms with E-state index < -0.39 is 29.4 Å². The van der Waals surface area contributed by atoms with Crippen molar-refractivity contribution in [3.8, 4) is 0 Å². The number of benzene rings is 2. The van der Waals surface area contributed by atoms with E-state index in [-0.39, 0.29) is 5.56 Å². The number of aliphatic hydroxyl groups is 1. The Balaban J connectivity index is 1.40. The Labute approximate surface area is 207 Å². The molecule has 9 heteroatoms. The number of hydrogen-bond acceptors (Lipinski definition) is 5. The summed E-state index contributed by atoms with van der Waals surface area (Å²) in [5, 5.41) is 19.8. The van der Waals surface area contributed by atoms with Gasteiger partial charge in [0.15, 0.2) is 0 Å². The van der Waals surface area contributed by atoms with Crippen LogP contribution in [0.5, 0.6) is 0 Å². The number of halogens is 3. The van der Waals surface area contributed by atoms with Crippen LogP contribution in [0.4, 0.5) is 24.5 Å². The predicted octanol–water partition coefficient (Wildman–Crippen LogP) is 5.71. The van der Waals surface area contributed by atoms with Gasteiger partial charge in [-0.2, -0.15) is 5.10 Å². The van der Waals surface area contributed by atoms with Crippen molar-refractivity contribution in [2.75, 3.05) is 23.3 Å². The SMILES string of the molecule is C[C@@H](Nc1ccnc2ccc(C3(O)CCN(c4cnn(C)c4)CC3)cc12)c1cccc(C(F)F)c1F. The molecule has 1 aliphatic rings. The lowest BCUT2D eigenvalue weighted by Crippen LogP contribution is -2.42. The molecule has 36 heavy (non-hydrogen) atoms. The minimum atomic E-state index is -2.88. The Morgan fingerprint density at radius 2 is 1.83 bits per heavy atom. The largest absolute Gasteiger partial charge is 0.385 e. The predicted molar refractivity (Wildman–Crippen MR) is 134 cm³/mol. The molecular formula is C27H28F3N5O. The van der Waals surface area contributed by atoms with E-state index in [0.717, 1.165) is 22.7 Å². The number of hydrogen-bond donors (Lipinski definition) is 2. The number of nitrogens with zero attached hydrogens (tertiary/aromatic N) is 4. The van der Waals surface area contributed by atoms with Gasteiger partial charge in [0.25, 0.3) is 6.43 Å². The van der Waals surface area contributed by atoms with Crippen LogP contribution in [0.3, 0.4) is 0 Å². The second-order valence-corrected chi connectivity index (χ2v) is 9.40. The van der Waals surface area contributed by atoms with Gasteiger partial charge in [0.1, 0.15) is 5.82 Å². The molecule has 0 bridgehead atoms. The van der Waals surface area contributed by atoms with Crippen LogP contribution >= 0.6 is 0 Å². The van der Waals surface area contributed by atoms with Crippen molar-refractivity contribution >= 4 is 22.3 Å². The van der Waals surface area contributed by atoms with Crippen LogP contribution in [0, 0.1) is 5.82 Å². The van der Waals surface area contributed by atoms with E-state index in [2.05, 4.69) is 20.3 Å². The molecule has 1 fully saturated rings. The van der Waals surface area contributed by atoms with Gasteiger partial charge in [-0.1, -0.05) is 24.3 Å². The van der Waals surface area contributed by atoms with Crippen molar-refractivity contribution < 1.29 is 18.3 Å². The third-order valence-corrected chi connectivity index (χ3v) is 7.06. The molecule has 0 aliphatic carbocycles. The highest BCUT2D eigenvalue weighted by Gasteiger charge is 2.34. The summed E-state index contributed by atoms with van der Waals surface area (Å²) in [7, 11) is 1.88. The highest BCUT2D eigenvalue weighted by Crippen LogP contribution is 2.37. The normalized spacial score (nSPS) is 16.5. The average Bonchev–Trinajstić information content (AvgIpc) is 3.30. The van der Waals surface area contributed by atoms with Crippen LogP contribution in [0.2, 0.25) is 0 Å². The Bertz CT molecular complexity index is 1380. The lowest BCUT2D eigenvalue weighted by Gasteiger charge is -2.39. The van der Waals surface area contributed by atoms with Gasteiger partial charge < -0.3 is 15.3 Å². The van der Waals surface area contributed by atoms with E-state index in [9.17, 15) is 18.3 Å². The van der Waals surface area contributed by atoms with Crippen molar-refractivity contribution in [3.05, 3.63) is 83.6 Å². The molecule has 4 aromatic rings. The first-order valence-corrected chi connectivity index (χ1v) is 11.9. The van der Waals surface area contributed by atoms with E-state index in [0.29, 0.717) is 37.1 Å². The quantitative estimate of drug-likeness (QED) is 0.359. The first kappa shape index (κ1) is 24.1. The Morgan fingerprint density at radius 3 is 2.53 bits per heavy atom. The summed E-state index contributed by atoms with van der Waals surface area (Å²) in [6.07, 6.45) is 3.66. The fourth-order valence-corrected chi connectivity index (χ4v) is 4.94. The summed E-state index contributed by atoms with van der Waals surface area (Å²) in [6.45, 7) is 3.11. The molecule has 1 aliphatic heterocycles. The van der Waals surface area contributed by atoms with Crippen LogP contribution in [-0.2, 0) is 12.6 Å². The van der Waals surface area contributed by atoms with Crippen LogP contribution in [0.15, 0.2) is 61.1 Å². The fourth-order valence-electron chi connectivity index (χ4n) is 4.94. The average molecular weight is 496 g/mol. The van der Waals surface area contributed by atoms with Crippen molar-refractivity contribution in [2.24, 2.45) is 7.05 Å². The van der Waals surface area contributed by atoms with E-state index in [1.807, 2.05) is 37.6 Å². The molecule has 1 saturated heterocycles. The summed E-state index contributed by atoms with van der Waals surface area (Å²) in [4.78, 5) is 6.64. The Morgan fingerprint density at radius 1 is 1.08 bits per heavy atom. The second kappa shape index (κ2) is 9.46. The lowest BCUT2D eigenvalue weighted by molar-refractivity contribution is 0.0119. The summed E-state index contributed by atoms with van der Waals surface area (Å²) in [6, 6.07) is 10.9. The number of piperidine rings is 1. The molecule has 3 heterocycles. The van der Waals surface area contributed by atoms with E-state index >= 15 is 0 Å². The summed E-state index contributed by atoms with van der Waals surface area (Å²) < 4.78 is 42.9. The third-order valence-electron chi connectivity index (χ3n) is 7.06. The monoisotopic (exact) mass is 495 g/mol. The van der Waals surface area contributed by atoms with Gasteiger partial charge in [-0.3, -0.25) is 9.67 Å². The maximum atomic E-state index is 14.7. The Kier molecular flexibility index (Phi) is 6.34.